The van der Waals surface area contributed by atoms with Crippen molar-refractivity contribution in [3.8, 4) is 0 Å². The predicted octanol–water partition coefficient (Wildman–Crippen LogP) is 1.33. The first kappa shape index (κ1) is 15.4. The third-order valence-corrected chi connectivity index (χ3v) is 2.20. The smallest absolute Gasteiger partial charge is 0.337 e. The molecule has 0 bridgehead atoms. The number of nitrogens with one attached hydrogen (secondary N) is 1. The van der Waals surface area contributed by atoms with E-state index in [-0.39, 0.29) is 0 Å². The van der Waals surface area contributed by atoms with E-state index in [2.05, 4.69) is 18.5 Å². The topological polar surface area (TPSA) is 41.6 Å². The highest BCUT2D eigenvalue weighted by molar-refractivity contribution is 5.90. The van der Waals surface area contributed by atoms with Crippen molar-refractivity contribution >= 4 is 5.97 Å². The maximum Gasteiger partial charge on any atom is 0.337 e. The van der Waals surface area contributed by atoms with Gasteiger partial charge in [0.25, 0.3) is 0 Å². The van der Waals surface area contributed by atoms with Gasteiger partial charge in [0, 0.05) is 25.8 Å². The first-order valence-corrected chi connectivity index (χ1v) is 5.61. The fraction of sp³-hybridized carbons (Fsp3) is 0.462. The number of hydrogen-bond acceptors (Lipinski definition) is 4. The van der Waals surface area contributed by atoms with Crippen molar-refractivity contribution < 1.29 is 9.53 Å². The average Bonchev–Trinajstić information content (AvgIpc) is 2.32. The van der Waals surface area contributed by atoms with Crippen molar-refractivity contribution in [2.45, 2.75) is 6.92 Å². The van der Waals surface area contributed by atoms with Crippen LogP contribution in [0.4, 0.5) is 0 Å². The van der Waals surface area contributed by atoms with Gasteiger partial charge in [-0.15, -0.1) is 0 Å². The molecule has 0 saturated heterocycles. The molecule has 0 aliphatic carbocycles. The van der Waals surface area contributed by atoms with Gasteiger partial charge in [-0.25, -0.2) is 4.79 Å². The lowest BCUT2D eigenvalue weighted by Gasteiger charge is -2.18. The summed E-state index contributed by atoms with van der Waals surface area (Å²) in [6.07, 6.45) is 3.38. The van der Waals surface area contributed by atoms with Crippen LogP contribution in [-0.2, 0) is 9.53 Å². The van der Waals surface area contributed by atoms with Crippen LogP contribution in [0.2, 0.25) is 0 Å². The molecule has 0 rings (SSSR count). The Labute approximate surface area is 104 Å². The van der Waals surface area contributed by atoms with E-state index in [1.54, 1.807) is 19.1 Å². The van der Waals surface area contributed by atoms with Crippen LogP contribution in [0.1, 0.15) is 6.92 Å². The summed E-state index contributed by atoms with van der Waals surface area (Å²) in [6, 6.07) is 0. The van der Waals surface area contributed by atoms with E-state index in [1.807, 2.05) is 19.0 Å². The van der Waals surface area contributed by atoms with Crippen molar-refractivity contribution in [3.05, 3.63) is 36.6 Å². The molecule has 0 heterocycles. The number of ether oxygens (including phenoxy) is 1. The quantitative estimate of drug-likeness (QED) is 0.393. The number of hydrogen-bond donors (Lipinski definition) is 1. The molecule has 0 radical (unpaired) electrons. The largest absolute Gasteiger partial charge is 0.462 e. The van der Waals surface area contributed by atoms with Gasteiger partial charge in [0.2, 0.25) is 0 Å². The molecule has 4 heteroatoms. The van der Waals surface area contributed by atoms with Gasteiger partial charge in [0.1, 0.15) is 0 Å². The van der Waals surface area contributed by atoms with Crippen LogP contribution in [0.25, 0.3) is 0 Å². The molecule has 96 valence electrons. The van der Waals surface area contributed by atoms with E-state index in [1.165, 1.54) is 0 Å². The van der Waals surface area contributed by atoms with Crippen molar-refractivity contribution in [2.24, 2.45) is 0 Å². The molecule has 0 atom stereocenters. The molecule has 0 saturated carbocycles. The fourth-order valence-corrected chi connectivity index (χ4v) is 1.04. The number of carbonyl (C=O) groups excluding carboxylic acids is 1. The SMILES string of the molecule is C=C(/C=C\C(=C)N(C)CCNC)C(=O)OCC. The number of nitrogens with zero attached hydrogens (tertiary/aromatic N) is 1. The third kappa shape index (κ3) is 6.58. The van der Waals surface area contributed by atoms with Gasteiger partial charge in [-0.1, -0.05) is 13.2 Å². The number of likely N-dealkylation sites (N-methyl/N-ethyl adjacent to an activating group) is 2. The Morgan fingerprint density at radius 2 is 2.06 bits per heavy atom. The lowest BCUT2D eigenvalue weighted by atomic mass is 10.2. The van der Waals surface area contributed by atoms with Gasteiger partial charge in [0.05, 0.1) is 12.2 Å². The Bertz CT molecular complexity index is 309. The molecule has 17 heavy (non-hydrogen) atoms. The molecule has 0 amide bonds. The first-order chi connectivity index (χ1) is 8.02. The summed E-state index contributed by atoms with van der Waals surface area (Å²) in [7, 11) is 3.84. The zero-order chi connectivity index (χ0) is 13.3. The van der Waals surface area contributed by atoms with E-state index in [9.17, 15) is 4.79 Å². The Kier molecular flexibility index (Phi) is 7.80. The van der Waals surface area contributed by atoms with Crippen LogP contribution in [0.15, 0.2) is 36.6 Å². The number of allylic oxidation sites excluding steroid dienone is 1. The molecular weight excluding hydrogens is 216 g/mol. The van der Waals surface area contributed by atoms with Crippen molar-refractivity contribution in [3.63, 3.8) is 0 Å². The second-order valence-electron chi connectivity index (χ2n) is 3.60. The van der Waals surface area contributed by atoms with Crippen LogP contribution in [-0.4, -0.2) is 44.7 Å². The van der Waals surface area contributed by atoms with Crippen molar-refractivity contribution in [1.29, 1.82) is 0 Å². The zero-order valence-corrected chi connectivity index (χ0v) is 11.0. The van der Waals surface area contributed by atoms with E-state index in [4.69, 9.17) is 4.74 Å². The second-order valence-corrected chi connectivity index (χ2v) is 3.60. The van der Waals surface area contributed by atoms with Gasteiger partial charge in [-0.2, -0.15) is 0 Å². The Morgan fingerprint density at radius 1 is 1.41 bits per heavy atom. The van der Waals surface area contributed by atoms with Gasteiger partial charge in [-0.3, -0.25) is 0 Å². The van der Waals surface area contributed by atoms with Crippen LogP contribution < -0.4 is 5.32 Å². The summed E-state index contributed by atoms with van der Waals surface area (Å²) in [4.78, 5) is 13.3. The highest BCUT2D eigenvalue weighted by atomic mass is 16.5. The van der Waals surface area contributed by atoms with Crippen LogP contribution in [0.3, 0.4) is 0 Å². The predicted molar refractivity (Wildman–Crippen MR) is 70.6 cm³/mol. The molecule has 4 nitrogen and oxygen atoms in total. The van der Waals surface area contributed by atoms with E-state index in [0.29, 0.717) is 12.2 Å². The summed E-state index contributed by atoms with van der Waals surface area (Å²) < 4.78 is 4.82. The lowest BCUT2D eigenvalue weighted by molar-refractivity contribution is -0.138. The standard InChI is InChI=1S/C13H22N2O2/c1-6-17-13(16)11(2)7-8-12(3)15(5)10-9-14-4/h7-8,14H,2-3,6,9-10H2,1,4-5H3/b8-7-. The lowest BCUT2D eigenvalue weighted by Crippen LogP contribution is -2.25. The van der Waals surface area contributed by atoms with Gasteiger partial charge < -0.3 is 15.0 Å². The van der Waals surface area contributed by atoms with Gasteiger partial charge in [-0.05, 0) is 26.1 Å². The van der Waals surface area contributed by atoms with E-state index < -0.39 is 5.97 Å². The minimum absolute atomic E-state index is 0.329. The van der Waals surface area contributed by atoms with Crippen molar-refractivity contribution in [2.75, 3.05) is 33.8 Å². The van der Waals surface area contributed by atoms with E-state index >= 15 is 0 Å². The monoisotopic (exact) mass is 238 g/mol. The molecule has 0 fully saturated rings. The van der Waals surface area contributed by atoms with Crippen molar-refractivity contribution in [1.82, 2.24) is 10.2 Å². The molecule has 0 aromatic carbocycles. The van der Waals surface area contributed by atoms with Crippen LogP contribution in [0, 0.1) is 0 Å². The molecule has 0 unspecified atom stereocenters. The normalized spacial score (nSPS) is 10.3. The Hall–Kier alpha value is -1.55. The summed E-state index contributed by atoms with van der Waals surface area (Å²) in [6.45, 7) is 11.4. The number of esters is 1. The highest BCUT2D eigenvalue weighted by Crippen LogP contribution is 2.03. The molecular formula is C13H22N2O2. The second kappa shape index (κ2) is 8.58. The van der Waals surface area contributed by atoms with Gasteiger partial charge >= 0.3 is 5.97 Å². The molecule has 0 aliphatic rings. The fourth-order valence-electron chi connectivity index (χ4n) is 1.04. The Morgan fingerprint density at radius 3 is 2.59 bits per heavy atom. The van der Waals surface area contributed by atoms with Gasteiger partial charge in [0.15, 0.2) is 0 Å². The first-order valence-electron chi connectivity index (χ1n) is 5.61. The molecule has 0 aliphatic heterocycles. The maximum absolute atomic E-state index is 11.3. The number of rotatable bonds is 8. The third-order valence-electron chi connectivity index (χ3n) is 2.20. The molecule has 0 spiro atoms. The van der Waals surface area contributed by atoms with E-state index in [0.717, 1.165) is 18.8 Å². The number of carbonyl (C=O) groups is 1. The summed E-state index contributed by atoms with van der Waals surface area (Å²) in [5.41, 5.74) is 1.15. The Balaban J connectivity index is 4.18. The highest BCUT2D eigenvalue weighted by Gasteiger charge is 2.04. The summed E-state index contributed by atoms with van der Waals surface area (Å²) >= 11 is 0. The summed E-state index contributed by atoms with van der Waals surface area (Å²) in [5, 5.41) is 3.05. The molecule has 0 aromatic heterocycles. The molecule has 1 N–H and O–H groups in total. The maximum atomic E-state index is 11.3. The average molecular weight is 238 g/mol. The van der Waals surface area contributed by atoms with Crippen LogP contribution >= 0.6 is 0 Å². The minimum atomic E-state index is -0.394. The summed E-state index contributed by atoms with van der Waals surface area (Å²) in [5.74, 6) is -0.394. The van der Waals surface area contributed by atoms with Crippen LogP contribution in [0.5, 0.6) is 0 Å². The zero-order valence-electron chi connectivity index (χ0n) is 11.0. The minimum Gasteiger partial charge on any atom is -0.462 e. The molecule has 0 aromatic rings.